The first-order chi connectivity index (χ1) is 19.9. The Morgan fingerprint density at radius 1 is 1.15 bits per heavy atom. The summed E-state index contributed by atoms with van der Waals surface area (Å²) in [6.45, 7) is 15.5. The first kappa shape index (κ1) is 32.0. The second-order valence-corrected chi connectivity index (χ2v) is 13.4. The minimum absolute atomic E-state index is 0.0194. The molecule has 6 atom stereocenters. The quantitative estimate of drug-likeness (QED) is 0.157. The molecular weight excluding hydrogens is 542 g/mol. The van der Waals surface area contributed by atoms with Crippen molar-refractivity contribution >= 4 is 29.5 Å². The van der Waals surface area contributed by atoms with Crippen molar-refractivity contribution in [3.05, 3.63) is 25.3 Å². The lowest BCUT2D eigenvalue weighted by Crippen LogP contribution is -2.58. The van der Waals surface area contributed by atoms with E-state index in [0.717, 1.165) is 58.2 Å². The molecule has 0 aromatic carbocycles. The van der Waals surface area contributed by atoms with Crippen LogP contribution in [0.15, 0.2) is 25.3 Å². The van der Waals surface area contributed by atoms with Crippen molar-refractivity contribution in [2.24, 2.45) is 17.8 Å². The lowest BCUT2D eigenvalue weighted by molar-refractivity contribution is -0.154. The molecule has 41 heavy (non-hydrogen) atoms. The van der Waals surface area contributed by atoms with Crippen molar-refractivity contribution in [3.8, 4) is 0 Å². The largest absolute Gasteiger partial charge is 0.465 e. The number of aliphatic hydroxyl groups is 1. The maximum atomic E-state index is 14.6. The van der Waals surface area contributed by atoms with E-state index in [-0.39, 0.29) is 35.6 Å². The van der Waals surface area contributed by atoms with Crippen LogP contribution in [0.1, 0.15) is 51.9 Å². The number of carbonyl (C=O) groups is 3. The number of esters is 1. The summed E-state index contributed by atoms with van der Waals surface area (Å²) in [4.78, 5) is 48.2. The average Bonchev–Trinajstić information content (AvgIpc) is 3.57. The highest BCUT2D eigenvalue weighted by Crippen LogP contribution is 2.68. The summed E-state index contributed by atoms with van der Waals surface area (Å²) in [5, 5.41) is 9.17. The number of rotatable bonds is 17. The van der Waals surface area contributed by atoms with Crippen LogP contribution in [0.4, 0.5) is 0 Å². The van der Waals surface area contributed by atoms with Crippen LogP contribution in [-0.4, -0.2) is 119 Å². The molecule has 3 unspecified atom stereocenters. The fraction of sp³-hybridized carbons (Fsp3) is 0.774. The summed E-state index contributed by atoms with van der Waals surface area (Å²) in [6.07, 6.45) is 9.07. The molecule has 1 N–H and O–H groups in total. The molecule has 1 spiro atoms. The van der Waals surface area contributed by atoms with E-state index in [0.29, 0.717) is 45.9 Å². The summed E-state index contributed by atoms with van der Waals surface area (Å²) in [6, 6.07) is -0.619. The van der Waals surface area contributed by atoms with E-state index in [1.807, 2.05) is 4.90 Å². The summed E-state index contributed by atoms with van der Waals surface area (Å²) in [5.41, 5.74) is 0. The molecule has 2 bridgehead atoms. The van der Waals surface area contributed by atoms with Crippen LogP contribution in [0.3, 0.4) is 0 Å². The van der Waals surface area contributed by atoms with Crippen molar-refractivity contribution in [3.63, 3.8) is 0 Å². The zero-order valence-electron chi connectivity index (χ0n) is 24.7. The van der Waals surface area contributed by atoms with Crippen LogP contribution in [-0.2, 0) is 23.9 Å². The number of likely N-dealkylation sites (tertiary alicyclic amines) is 1. The zero-order chi connectivity index (χ0) is 29.4. The lowest BCUT2D eigenvalue weighted by Gasteiger charge is -2.41. The number of allylic oxidation sites excluding steroid dienone is 1. The highest BCUT2D eigenvalue weighted by molar-refractivity contribution is 8.02. The molecular formula is C31H49N3O6S. The topological polar surface area (TPSA) is 99.6 Å². The maximum Gasteiger partial charge on any atom is 0.310 e. The van der Waals surface area contributed by atoms with Gasteiger partial charge in [-0.1, -0.05) is 31.9 Å². The number of carbonyl (C=O) groups excluding carboxylic acids is 3. The van der Waals surface area contributed by atoms with Gasteiger partial charge in [-0.3, -0.25) is 19.3 Å². The van der Waals surface area contributed by atoms with Crippen molar-refractivity contribution < 1.29 is 29.0 Å². The summed E-state index contributed by atoms with van der Waals surface area (Å²) >= 11 is 1.70. The second kappa shape index (κ2) is 15.0. The number of fused-ring (bicyclic) bond motifs is 1. The van der Waals surface area contributed by atoms with Gasteiger partial charge in [0.15, 0.2) is 0 Å². The number of hydrogen-bond donors (Lipinski definition) is 1. The summed E-state index contributed by atoms with van der Waals surface area (Å²) in [5.74, 6) is -1.37. The molecule has 4 rings (SSSR count). The Morgan fingerprint density at radius 3 is 2.61 bits per heavy atom. The Labute approximate surface area is 249 Å². The SMILES string of the molecule is C=CCCCOC(=O)[C@@H]1[C@@H]2CC(C)C3(S2)C(C(=O)N(CC=C)CCN2CCOCC2)N(CCCCCCO)C(=O)[C@H]13. The van der Waals surface area contributed by atoms with Crippen molar-refractivity contribution in [1.29, 1.82) is 0 Å². The molecule has 230 valence electrons. The Hall–Kier alpha value is -1.88. The standard InChI is InChI=1S/C31H49N3O6S/c1-4-6-11-19-40-30(38)25-24-22-23(3)31(41-24)26(25)28(36)34(13-9-7-8-10-18-35)27(31)29(37)33(12-5-2)15-14-32-16-20-39-21-17-32/h4-5,23-27,35H,1-2,6-22H2,3H3/t23?,24-,25+,26-,27?,31?/m0/s1. The van der Waals surface area contributed by atoms with E-state index in [1.165, 1.54) is 0 Å². The van der Waals surface area contributed by atoms with Crippen molar-refractivity contribution in [1.82, 2.24) is 14.7 Å². The normalized spacial score (nSPS) is 30.8. The van der Waals surface area contributed by atoms with Gasteiger partial charge in [-0.2, -0.15) is 0 Å². The van der Waals surface area contributed by atoms with Crippen molar-refractivity contribution in [2.75, 3.05) is 65.7 Å². The van der Waals surface area contributed by atoms with Crippen LogP contribution in [0.2, 0.25) is 0 Å². The third-order valence-electron chi connectivity index (χ3n) is 9.31. The third kappa shape index (κ3) is 6.71. The number of morpholine rings is 1. The van der Waals surface area contributed by atoms with Crippen LogP contribution in [0.25, 0.3) is 0 Å². The highest BCUT2D eigenvalue weighted by atomic mass is 32.2. The number of unbranched alkanes of at least 4 members (excludes halogenated alkanes) is 4. The Kier molecular flexibility index (Phi) is 11.7. The van der Waals surface area contributed by atoms with Gasteiger partial charge in [0.2, 0.25) is 11.8 Å². The van der Waals surface area contributed by atoms with Gasteiger partial charge in [-0.25, -0.2) is 0 Å². The molecule has 9 nitrogen and oxygen atoms in total. The molecule has 4 fully saturated rings. The van der Waals surface area contributed by atoms with Crippen LogP contribution >= 0.6 is 11.8 Å². The number of thioether (sulfide) groups is 1. The van der Waals surface area contributed by atoms with E-state index in [4.69, 9.17) is 9.47 Å². The fourth-order valence-corrected chi connectivity index (χ4v) is 9.66. The minimum Gasteiger partial charge on any atom is -0.465 e. The third-order valence-corrected chi connectivity index (χ3v) is 11.4. The van der Waals surface area contributed by atoms with Gasteiger partial charge in [-0.05, 0) is 38.0 Å². The van der Waals surface area contributed by atoms with Gasteiger partial charge in [0.05, 0.1) is 36.4 Å². The van der Waals surface area contributed by atoms with Crippen molar-refractivity contribution in [2.45, 2.75) is 67.9 Å². The molecule has 4 aliphatic rings. The van der Waals surface area contributed by atoms with Gasteiger partial charge in [0.1, 0.15) is 6.04 Å². The fourth-order valence-electron chi connectivity index (χ4n) is 7.26. The lowest BCUT2D eigenvalue weighted by atomic mass is 9.66. The number of amides is 2. The Bertz CT molecular complexity index is 943. The van der Waals surface area contributed by atoms with Gasteiger partial charge < -0.3 is 24.4 Å². The maximum absolute atomic E-state index is 14.6. The molecule has 4 heterocycles. The molecule has 0 saturated carbocycles. The Morgan fingerprint density at radius 2 is 1.90 bits per heavy atom. The first-order valence-electron chi connectivity index (χ1n) is 15.5. The smallest absolute Gasteiger partial charge is 0.310 e. The summed E-state index contributed by atoms with van der Waals surface area (Å²) < 4.78 is 10.5. The molecule has 0 aromatic rings. The molecule has 0 radical (unpaired) electrons. The van der Waals surface area contributed by atoms with Crippen LogP contribution < -0.4 is 0 Å². The molecule has 0 aromatic heterocycles. The average molecular weight is 592 g/mol. The van der Waals surface area contributed by atoms with Gasteiger partial charge in [-0.15, -0.1) is 24.9 Å². The first-order valence-corrected chi connectivity index (χ1v) is 16.3. The molecule has 4 aliphatic heterocycles. The predicted octanol–water partition coefficient (Wildman–Crippen LogP) is 2.73. The van der Waals surface area contributed by atoms with E-state index >= 15 is 0 Å². The predicted molar refractivity (Wildman–Crippen MR) is 160 cm³/mol. The van der Waals surface area contributed by atoms with Gasteiger partial charge >= 0.3 is 5.97 Å². The van der Waals surface area contributed by atoms with Crippen LogP contribution in [0, 0.1) is 17.8 Å². The molecule has 4 saturated heterocycles. The van der Waals surface area contributed by atoms with E-state index in [2.05, 4.69) is 25.0 Å². The minimum atomic E-state index is -0.646. The molecule has 2 amide bonds. The van der Waals surface area contributed by atoms with E-state index in [1.54, 1.807) is 28.8 Å². The molecule has 10 heteroatoms. The zero-order valence-corrected chi connectivity index (χ0v) is 25.5. The number of aliphatic hydroxyl groups excluding tert-OH is 1. The highest BCUT2D eigenvalue weighted by Gasteiger charge is 2.76. The number of ether oxygens (including phenoxy) is 2. The molecule has 0 aliphatic carbocycles. The van der Waals surface area contributed by atoms with E-state index < -0.39 is 22.6 Å². The number of nitrogens with zero attached hydrogens (tertiary/aromatic N) is 3. The number of hydrogen-bond acceptors (Lipinski definition) is 8. The second-order valence-electron chi connectivity index (χ2n) is 11.8. The summed E-state index contributed by atoms with van der Waals surface area (Å²) in [7, 11) is 0. The monoisotopic (exact) mass is 591 g/mol. The Balaban J connectivity index is 1.59. The van der Waals surface area contributed by atoms with Gasteiger partial charge in [0.25, 0.3) is 0 Å². The van der Waals surface area contributed by atoms with Gasteiger partial charge in [0, 0.05) is 51.1 Å². The van der Waals surface area contributed by atoms with Crippen LogP contribution in [0.5, 0.6) is 0 Å². The van der Waals surface area contributed by atoms with E-state index in [9.17, 15) is 19.5 Å².